The third-order valence-electron chi connectivity index (χ3n) is 3.78. The molecule has 0 aromatic carbocycles. The van der Waals surface area contributed by atoms with E-state index in [9.17, 15) is 4.79 Å². The van der Waals surface area contributed by atoms with E-state index in [0.717, 1.165) is 5.92 Å². The molecule has 0 aliphatic heterocycles. The van der Waals surface area contributed by atoms with Crippen molar-refractivity contribution in [1.82, 2.24) is 5.32 Å². The third-order valence-corrected chi connectivity index (χ3v) is 3.78. The van der Waals surface area contributed by atoms with E-state index in [0.29, 0.717) is 17.9 Å². The van der Waals surface area contributed by atoms with Gasteiger partial charge < -0.3 is 5.32 Å². The molecule has 2 rings (SSSR count). The maximum atomic E-state index is 11.8. The molecule has 0 aromatic heterocycles. The first-order chi connectivity index (χ1) is 6.66. The van der Waals surface area contributed by atoms with E-state index in [1.54, 1.807) is 0 Å². The maximum Gasteiger partial charge on any atom is 0.223 e. The number of hydrogen-bond acceptors (Lipinski definition) is 1. The van der Waals surface area contributed by atoms with Crippen molar-refractivity contribution in [3.05, 3.63) is 0 Å². The van der Waals surface area contributed by atoms with E-state index in [1.165, 1.54) is 32.1 Å². The van der Waals surface area contributed by atoms with Crippen molar-refractivity contribution in [3.8, 4) is 0 Å². The SMILES string of the molecule is CC1CCC(NC(=O)C(C)C2CC2)C1. The van der Waals surface area contributed by atoms with E-state index >= 15 is 0 Å². The number of carbonyl (C=O) groups excluding carboxylic acids is 1. The molecular formula is C12H21NO. The molecular weight excluding hydrogens is 174 g/mol. The Kier molecular flexibility index (Phi) is 2.80. The summed E-state index contributed by atoms with van der Waals surface area (Å²) in [5.74, 6) is 2.04. The van der Waals surface area contributed by atoms with E-state index in [2.05, 4.69) is 19.2 Å². The van der Waals surface area contributed by atoms with Gasteiger partial charge in [-0.15, -0.1) is 0 Å². The molecule has 3 atom stereocenters. The summed E-state index contributed by atoms with van der Waals surface area (Å²) in [5, 5.41) is 3.19. The minimum absolute atomic E-state index is 0.255. The van der Waals surface area contributed by atoms with Crippen molar-refractivity contribution < 1.29 is 4.79 Å². The van der Waals surface area contributed by atoms with Gasteiger partial charge in [-0.3, -0.25) is 4.79 Å². The topological polar surface area (TPSA) is 29.1 Å². The summed E-state index contributed by atoms with van der Waals surface area (Å²) in [6, 6.07) is 0.471. The fourth-order valence-corrected chi connectivity index (χ4v) is 2.48. The Bertz CT molecular complexity index is 222. The van der Waals surface area contributed by atoms with Gasteiger partial charge in [0.1, 0.15) is 0 Å². The first-order valence-electron chi connectivity index (χ1n) is 5.97. The zero-order valence-electron chi connectivity index (χ0n) is 9.25. The van der Waals surface area contributed by atoms with Crippen LogP contribution in [-0.4, -0.2) is 11.9 Å². The lowest BCUT2D eigenvalue weighted by Crippen LogP contribution is -2.37. The Hall–Kier alpha value is -0.530. The lowest BCUT2D eigenvalue weighted by molar-refractivity contribution is -0.125. The number of nitrogens with one attached hydrogen (secondary N) is 1. The lowest BCUT2D eigenvalue weighted by Gasteiger charge is -2.16. The van der Waals surface area contributed by atoms with E-state index in [-0.39, 0.29) is 5.92 Å². The summed E-state index contributed by atoms with van der Waals surface area (Å²) in [6.07, 6.45) is 6.17. The molecule has 80 valence electrons. The van der Waals surface area contributed by atoms with Gasteiger partial charge in [0.15, 0.2) is 0 Å². The molecule has 3 unspecified atom stereocenters. The molecule has 2 aliphatic rings. The Morgan fingerprint density at radius 3 is 2.50 bits per heavy atom. The highest BCUT2D eigenvalue weighted by Crippen LogP contribution is 2.37. The van der Waals surface area contributed by atoms with Crippen LogP contribution in [0.1, 0.15) is 46.0 Å². The average Bonchev–Trinajstić information content (AvgIpc) is 2.91. The van der Waals surface area contributed by atoms with Gasteiger partial charge >= 0.3 is 0 Å². The second-order valence-electron chi connectivity index (χ2n) is 5.25. The zero-order chi connectivity index (χ0) is 10.1. The van der Waals surface area contributed by atoms with Crippen molar-refractivity contribution in [2.24, 2.45) is 17.8 Å². The Balaban J connectivity index is 1.76. The molecule has 0 radical (unpaired) electrons. The van der Waals surface area contributed by atoms with Crippen molar-refractivity contribution in [1.29, 1.82) is 0 Å². The van der Waals surface area contributed by atoms with Gasteiger partial charge in [0.2, 0.25) is 5.91 Å². The zero-order valence-corrected chi connectivity index (χ0v) is 9.25. The van der Waals surface area contributed by atoms with Crippen LogP contribution in [-0.2, 0) is 4.79 Å². The minimum Gasteiger partial charge on any atom is -0.353 e. The average molecular weight is 195 g/mol. The van der Waals surface area contributed by atoms with E-state index in [4.69, 9.17) is 0 Å². The number of amides is 1. The predicted octanol–water partition coefficient (Wildman–Crippen LogP) is 2.34. The van der Waals surface area contributed by atoms with Gasteiger partial charge in [-0.2, -0.15) is 0 Å². The van der Waals surface area contributed by atoms with Gasteiger partial charge in [-0.05, 0) is 43.9 Å². The normalized spacial score (nSPS) is 34.1. The minimum atomic E-state index is 0.255. The molecule has 2 fully saturated rings. The number of rotatable bonds is 3. The molecule has 14 heavy (non-hydrogen) atoms. The molecule has 0 bridgehead atoms. The highest BCUT2D eigenvalue weighted by atomic mass is 16.1. The molecule has 2 nitrogen and oxygen atoms in total. The predicted molar refractivity (Wildman–Crippen MR) is 56.8 cm³/mol. The van der Waals surface area contributed by atoms with Crippen molar-refractivity contribution in [3.63, 3.8) is 0 Å². The van der Waals surface area contributed by atoms with Crippen LogP contribution in [0.3, 0.4) is 0 Å². The van der Waals surface area contributed by atoms with Crippen LogP contribution in [0, 0.1) is 17.8 Å². The fraction of sp³-hybridized carbons (Fsp3) is 0.917. The summed E-state index contributed by atoms with van der Waals surface area (Å²) in [5.41, 5.74) is 0. The molecule has 2 aliphatic carbocycles. The van der Waals surface area contributed by atoms with Gasteiger partial charge in [-0.25, -0.2) is 0 Å². The third kappa shape index (κ3) is 2.28. The molecule has 2 heteroatoms. The second kappa shape index (κ2) is 3.92. The van der Waals surface area contributed by atoms with Gasteiger partial charge in [0.05, 0.1) is 0 Å². The quantitative estimate of drug-likeness (QED) is 0.735. The maximum absolute atomic E-state index is 11.8. The van der Waals surface area contributed by atoms with Crippen molar-refractivity contribution >= 4 is 5.91 Å². The first-order valence-corrected chi connectivity index (χ1v) is 5.97. The summed E-state index contributed by atoms with van der Waals surface area (Å²) in [7, 11) is 0. The molecule has 0 spiro atoms. The van der Waals surface area contributed by atoms with Crippen LogP contribution in [0.5, 0.6) is 0 Å². The highest BCUT2D eigenvalue weighted by molar-refractivity contribution is 5.79. The van der Waals surface area contributed by atoms with Crippen LogP contribution >= 0.6 is 0 Å². The number of hydrogen-bond donors (Lipinski definition) is 1. The van der Waals surface area contributed by atoms with Crippen LogP contribution in [0.15, 0.2) is 0 Å². The smallest absolute Gasteiger partial charge is 0.223 e. The Morgan fingerprint density at radius 1 is 1.29 bits per heavy atom. The fourth-order valence-electron chi connectivity index (χ4n) is 2.48. The Morgan fingerprint density at radius 2 is 2.00 bits per heavy atom. The van der Waals surface area contributed by atoms with Gasteiger partial charge in [0, 0.05) is 12.0 Å². The molecule has 1 amide bonds. The van der Waals surface area contributed by atoms with Crippen LogP contribution in [0.2, 0.25) is 0 Å². The summed E-state index contributed by atoms with van der Waals surface area (Å²) in [6.45, 7) is 4.35. The van der Waals surface area contributed by atoms with Crippen LogP contribution in [0.4, 0.5) is 0 Å². The van der Waals surface area contributed by atoms with Gasteiger partial charge in [-0.1, -0.05) is 13.8 Å². The largest absolute Gasteiger partial charge is 0.353 e. The lowest BCUT2D eigenvalue weighted by atomic mass is 10.0. The van der Waals surface area contributed by atoms with E-state index < -0.39 is 0 Å². The molecule has 0 heterocycles. The van der Waals surface area contributed by atoms with Gasteiger partial charge in [0.25, 0.3) is 0 Å². The first kappa shape index (κ1) is 10.0. The monoisotopic (exact) mass is 195 g/mol. The summed E-state index contributed by atoms with van der Waals surface area (Å²) >= 11 is 0. The molecule has 1 N–H and O–H groups in total. The summed E-state index contributed by atoms with van der Waals surface area (Å²) < 4.78 is 0. The second-order valence-corrected chi connectivity index (χ2v) is 5.25. The van der Waals surface area contributed by atoms with Crippen LogP contribution < -0.4 is 5.32 Å². The molecule has 2 saturated carbocycles. The molecule has 0 saturated heterocycles. The van der Waals surface area contributed by atoms with Crippen LogP contribution in [0.25, 0.3) is 0 Å². The number of carbonyl (C=O) groups is 1. The van der Waals surface area contributed by atoms with Crippen molar-refractivity contribution in [2.75, 3.05) is 0 Å². The van der Waals surface area contributed by atoms with E-state index in [1.807, 2.05) is 0 Å². The van der Waals surface area contributed by atoms with Crippen molar-refractivity contribution in [2.45, 2.75) is 52.0 Å². The summed E-state index contributed by atoms with van der Waals surface area (Å²) in [4.78, 5) is 11.8. The standard InChI is InChI=1S/C12H21NO/c1-8-3-6-11(7-8)13-12(14)9(2)10-4-5-10/h8-11H,3-7H2,1-2H3,(H,13,14). The molecule has 0 aromatic rings. The Labute approximate surface area is 86.5 Å². The highest BCUT2D eigenvalue weighted by Gasteiger charge is 2.34.